The van der Waals surface area contributed by atoms with Crippen molar-refractivity contribution in [1.82, 2.24) is 19.3 Å². The molecule has 0 aliphatic carbocycles. The van der Waals surface area contributed by atoms with Crippen LogP contribution in [0.3, 0.4) is 0 Å². The van der Waals surface area contributed by atoms with Crippen LogP contribution >= 0.6 is 0 Å². The van der Waals surface area contributed by atoms with Crippen molar-refractivity contribution in [1.29, 1.82) is 0 Å². The lowest BCUT2D eigenvalue weighted by Crippen LogP contribution is -2.01. The van der Waals surface area contributed by atoms with Gasteiger partial charge in [-0.05, 0) is 92.0 Å². The van der Waals surface area contributed by atoms with Crippen molar-refractivity contribution in [3.63, 3.8) is 0 Å². The number of nitrogens with zero attached hydrogens (tertiary/aromatic N) is 4. The van der Waals surface area contributed by atoms with Crippen molar-refractivity contribution in [2.45, 2.75) is 0 Å². The van der Waals surface area contributed by atoms with Crippen LogP contribution in [0.4, 0.5) is 0 Å². The number of hydrogen-bond acceptors (Lipinski definition) is 2. The summed E-state index contributed by atoms with van der Waals surface area (Å²) in [7, 11) is 0. The smallest absolute Gasteiger partial charge is 0.182 e. The molecule has 0 bridgehead atoms. The lowest BCUT2D eigenvalue weighted by molar-refractivity contribution is 0.891. The third-order valence-electron chi connectivity index (χ3n) is 12.7. The molecule has 66 heavy (non-hydrogen) atoms. The van der Waals surface area contributed by atoms with Gasteiger partial charge in [0, 0.05) is 27.6 Å². The Morgan fingerprint density at radius 1 is 0.258 bits per heavy atom. The summed E-state index contributed by atoms with van der Waals surface area (Å²) in [4.78, 5) is 5.37. The van der Waals surface area contributed by atoms with Gasteiger partial charge in [-0.2, -0.15) is 0 Å². The molecule has 10 aromatic carbocycles. The molecular formula is C62H42N4. The quantitative estimate of drug-likeness (QED) is 0.145. The van der Waals surface area contributed by atoms with Gasteiger partial charge < -0.3 is 4.57 Å². The molecule has 2 aromatic heterocycles. The molecule has 0 saturated heterocycles. The van der Waals surface area contributed by atoms with Crippen LogP contribution in [0.5, 0.6) is 0 Å². The monoisotopic (exact) mass is 842 g/mol. The van der Waals surface area contributed by atoms with Crippen LogP contribution in [0.15, 0.2) is 255 Å². The lowest BCUT2D eigenvalue weighted by Gasteiger charge is -2.16. The van der Waals surface area contributed by atoms with Crippen molar-refractivity contribution >= 4 is 21.8 Å². The van der Waals surface area contributed by atoms with E-state index in [4.69, 9.17) is 10.1 Å². The van der Waals surface area contributed by atoms with E-state index in [0.29, 0.717) is 5.82 Å². The predicted molar refractivity (Wildman–Crippen MR) is 274 cm³/mol. The van der Waals surface area contributed by atoms with Gasteiger partial charge in [0.2, 0.25) is 0 Å². The van der Waals surface area contributed by atoms with E-state index in [-0.39, 0.29) is 0 Å². The summed E-state index contributed by atoms with van der Waals surface area (Å²) < 4.78 is 4.38. The number of rotatable bonds is 9. The van der Waals surface area contributed by atoms with E-state index in [1.807, 2.05) is 10.7 Å². The Morgan fingerprint density at radius 3 is 1.11 bits per heavy atom. The maximum Gasteiger partial charge on any atom is 0.182 e. The number of aromatic nitrogens is 4. The van der Waals surface area contributed by atoms with E-state index < -0.39 is 0 Å². The molecule has 0 N–H and O–H groups in total. The van der Waals surface area contributed by atoms with E-state index >= 15 is 0 Å². The number of benzene rings is 10. The van der Waals surface area contributed by atoms with Crippen LogP contribution in [-0.2, 0) is 0 Å². The molecule has 2 heterocycles. The molecule has 12 rings (SSSR count). The van der Waals surface area contributed by atoms with Gasteiger partial charge in [0.25, 0.3) is 0 Å². The Hall–Kier alpha value is -8.86. The van der Waals surface area contributed by atoms with Gasteiger partial charge in [-0.15, -0.1) is 5.10 Å². The topological polar surface area (TPSA) is 35.6 Å². The van der Waals surface area contributed by atoms with Gasteiger partial charge in [-0.1, -0.05) is 218 Å². The minimum atomic E-state index is 0.668. The molecule has 4 heteroatoms. The molecule has 4 nitrogen and oxygen atoms in total. The Balaban J connectivity index is 0.933. The minimum Gasteiger partial charge on any atom is -0.309 e. The fourth-order valence-corrected chi connectivity index (χ4v) is 9.59. The summed E-state index contributed by atoms with van der Waals surface area (Å²) in [6, 6.07) is 90.4. The first-order valence-electron chi connectivity index (χ1n) is 22.4. The van der Waals surface area contributed by atoms with Gasteiger partial charge in [0.05, 0.1) is 16.7 Å². The van der Waals surface area contributed by atoms with Crippen LogP contribution in [-0.4, -0.2) is 19.3 Å². The average molecular weight is 843 g/mol. The number of hydrogen-bond donors (Lipinski definition) is 0. The molecule has 12 aromatic rings. The van der Waals surface area contributed by atoms with Crippen molar-refractivity contribution in [2.75, 3.05) is 0 Å². The molecular weight excluding hydrogens is 801 g/mol. The Labute approximate surface area is 384 Å². The summed E-state index contributed by atoms with van der Waals surface area (Å²) in [6.07, 6.45) is 0. The second kappa shape index (κ2) is 16.7. The molecule has 0 aliphatic rings. The van der Waals surface area contributed by atoms with Gasteiger partial charge in [0.15, 0.2) is 11.6 Å². The maximum atomic E-state index is 5.37. The summed E-state index contributed by atoms with van der Waals surface area (Å²) >= 11 is 0. The van der Waals surface area contributed by atoms with E-state index in [9.17, 15) is 0 Å². The van der Waals surface area contributed by atoms with Crippen LogP contribution in [0.25, 0.3) is 112 Å². The molecule has 0 fully saturated rings. The van der Waals surface area contributed by atoms with E-state index in [0.717, 1.165) is 61.7 Å². The first-order valence-corrected chi connectivity index (χ1v) is 22.4. The maximum absolute atomic E-state index is 5.37. The van der Waals surface area contributed by atoms with E-state index in [1.165, 1.54) is 44.1 Å². The highest BCUT2D eigenvalue weighted by Gasteiger charge is 2.21. The largest absolute Gasteiger partial charge is 0.309 e. The summed E-state index contributed by atoms with van der Waals surface area (Å²) in [5.74, 6) is 1.44. The van der Waals surface area contributed by atoms with Crippen LogP contribution < -0.4 is 0 Å². The van der Waals surface area contributed by atoms with Crippen molar-refractivity contribution < 1.29 is 0 Å². The Kier molecular flexibility index (Phi) is 9.81. The Morgan fingerprint density at radius 2 is 0.606 bits per heavy atom. The highest BCUT2D eigenvalue weighted by molar-refractivity contribution is 6.09. The SMILES string of the molecule is c1ccc(-c2ccccc2-c2nc(-c3ccccc3-c3ccccc3)n(-c3ccc(-c4ccccc4-c4ccccc4-c4ccc(-n5c6ccccc6c6ccccc65)cc4)cc3)n2)cc1. The normalized spacial score (nSPS) is 11.3. The zero-order chi connectivity index (χ0) is 43.8. The molecule has 0 spiro atoms. The second-order valence-electron chi connectivity index (χ2n) is 16.5. The number of fused-ring (bicyclic) bond motifs is 3. The zero-order valence-corrected chi connectivity index (χ0v) is 36.0. The second-order valence-corrected chi connectivity index (χ2v) is 16.5. The van der Waals surface area contributed by atoms with Crippen LogP contribution in [0.2, 0.25) is 0 Å². The van der Waals surface area contributed by atoms with Gasteiger partial charge >= 0.3 is 0 Å². The standard InChI is InChI=1S/C62H42N4/c1-3-19-43(20-4-1)51-25-9-13-31-57(51)61-63-62(58-32-14-10-26-52(58)44-21-5-2-6-22-44)66(64-61)48-41-37-46(38-42-48)50-24-8-12-28-54(50)53-27-11-7-23-49(53)45-35-39-47(40-36-45)65-59-33-17-15-29-55(59)56-30-16-18-34-60(56)65/h1-42H. The summed E-state index contributed by atoms with van der Waals surface area (Å²) in [5.41, 5.74) is 17.9. The van der Waals surface area contributed by atoms with Crippen molar-refractivity contribution in [3.05, 3.63) is 255 Å². The minimum absolute atomic E-state index is 0.668. The van der Waals surface area contributed by atoms with Crippen LogP contribution in [0, 0.1) is 0 Å². The molecule has 0 amide bonds. The predicted octanol–water partition coefficient (Wildman–Crippen LogP) is 16.0. The third-order valence-corrected chi connectivity index (χ3v) is 12.7. The zero-order valence-electron chi connectivity index (χ0n) is 36.0. The highest BCUT2D eigenvalue weighted by Crippen LogP contribution is 2.41. The third kappa shape index (κ3) is 6.89. The van der Waals surface area contributed by atoms with Gasteiger partial charge in [-0.25, -0.2) is 9.67 Å². The summed E-state index contributed by atoms with van der Waals surface area (Å²) in [5, 5.41) is 7.84. The van der Waals surface area contributed by atoms with Gasteiger partial charge in [-0.3, -0.25) is 0 Å². The molecule has 0 atom stereocenters. The summed E-state index contributed by atoms with van der Waals surface area (Å²) in [6.45, 7) is 0. The fraction of sp³-hybridized carbons (Fsp3) is 0. The van der Waals surface area contributed by atoms with Crippen molar-refractivity contribution in [2.24, 2.45) is 0 Å². The Bertz CT molecular complexity index is 3620. The van der Waals surface area contributed by atoms with E-state index in [2.05, 4.69) is 253 Å². The molecule has 0 saturated carbocycles. The molecule has 0 unspecified atom stereocenters. The van der Waals surface area contributed by atoms with Crippen LogP contribution in [0.1, 0.15) is 0 Å². The molecule has 310 valence electrons. The molecule has 0 aliphatic heterocycles. The average Bonchev–Trinajstić information content (AvgIpc) is 4.00. The number of para-hydroxylation sites is 2. The molecule has 0 radical (unpaired) electrons. The van der Waals surface area contributed by atoms with E-state index in [1.54, 1.807) is 0 Å². The lowest BCUT2D eigenvalue weighted by atomic mass is 9.89. The first-order chi connectivity index (χ1) is 32.8. The van der Waals surface area contributed by atoms with Crippen molar-refractivity contribution in [3.8, 4) is 89.8 Å². The fourth-order valence-electron chi connectivity index (χ4n) is 9.59. The first kappa shape index (κ1) is 38.8. The highest BCUT2D eigenvalue weighted by atomic mass is 15.4. The van der Waals surface area contributed by atoms with Gasteiger partial charge in [0.1, 0.15) is 0 Å².